The normalized spacial score (nSPS) is 17.4. The Balaban J connectivity index is 1.37. The number of carbonyl (C=O) groups excluding carboxylic acids is 1. The lowest BCUT2D eigenvalue weighted by Gasteiger charge is -2.10. The van der Waals surface area contributed by atoms with Crippen molar-refractivity contribution in [3.63, 3.8) is 0 Å². The van der Waals surface area contributed by atoms with E-state index >= 15 is 0 Å². The van der Waals surface area contributed by atoms with Crippen LogP contribution in [0.4, 0.5) is 10.1 Å². The maximum Gasteiger partial charge on any atom is 0.274 e. The molecule has 1 saturated carbocycles. The second-order valence-corrected chi connectivity index (χ2v) is 7.98. The molecule has 4 aromatic rings. The van der Waals surface area contributed by atoms with Gasteiger partial charge in [0.05, 0.1) is 31.9 Å². The topological polar surface area (TPSA) is 115 Å². The van der Waals surface area contributed by atoms with Crippen LogP contribution in [0.25, 0.3) is 17.0 Å². The number of aryl methyl sites for hydroxylation is 1. The van der Waals surface area contributed by atoms with Crippen LogP contribution in [0.15, 0.2) is 47.2 Å². The maximum absolute atomic E-state index is 13.3. The van der Waals surface area contributed by atoms with Gasteiger partial charge in [0.15, 0.2) is 0 Å². The van der Waals surface area contributed by atoms with Gasteiger partial charge in [-0.3, -0.25) is 9.20 Å². The van der Waals surface area contributed by atoms with Crippen LogP contribution in [0.5, 0.6) is 0 Å². The van der Waals surface area contributed by atoms with Crippen LogP contribution in [-0.2, 0) is 11.3 Å². The number of carbonyl (C=O) groups is 1. The van der Waals surface area contributed by atoms with Crippen molar-refractivity contribution in [1.29, 1.82) is 0 Å². The van der Waals surface area contributed by atoms with Crippen LogP contribution < -0.4 is 5.32 Å². The van der Waals surface area contributed by atoms with Crippen molar-refractivity contribution in [2.24, 2.45) is 0 Å². The first-order valence-electron chi connectivity index (χ1n) is 10.6. The van der Waals surface area contributed by atoms with Crippen molar-refractivity contribution in [1.82, 2.24) is 19.5 Å². The molecule has 170 valence electrons. The highest BCUT2D eigenvalue weighted by Crippen LogP contribution is 2.43. The number of hydrogen-bond acceptors (Lipinski definition) is 7. The van der Waals surface area contributed by atoms with E-state index in [4.69, 9.17) is 14.4 Å². The van der Waals surface area contributed by atoms with Gasteiger partial charge in [-0.2, -0.15) is 4.98 Å². The molecular weight excluding hydrogens is 429 g/mol. The third-order valence-corrected chi connectivity index (χ3v) is 5.52. The number of rotatable bonds is 8. The smallest absolute Gasteiger partial charge is 0.274 e. The summed E-state index contributed by atoms with van der Waals surface area (Å²) >= 11 is 0. The van der Waals surface area contributed by atoms with E-state index in [9.17, 15) is 9.18 Å². The molecule has 1 aliphatic rings. The van der Waals surface area contributed by atoms with Crippen molar-refractivity contribution in [2.75, 3.05) is 18.5 Å². The van der Waals surface area contributed by atoms with Crippen LogP contribution in [-0.4, -0.2) is 49.9 Å². The van der Waals surface area contributed by atoms with E-state index in [0.717, 1.165) is 11.1 Å². The van der Waals surface area contributed by atoms with Gasteiger partial charge >= 0.3 is 0 Å². The number of aromatic nitrogens is 4. The fourth-order valence-electron chi connectivity index (χ4n) is 3.54. The van der Waals surface area contributed by atoms with Crippen molar-refractivity contribution < 1.29 is 23.6 Å². The predicted molar refractivity (Wildman–Crippen MR) is 117 cm³/mol. The monoisotopic (exact) mass is 451 g/mol. The summed E-state index contributed by atoms with van der Waals surface area (Å²) in [4.78, 5) is 21.7. The van der Waals surface area contributed by atoms with Crippen LogP contribution in [0.1, 0.15) is 39.8 Å². The Morgan fingerprint density at radius 1 is 1.36 bits per heavy atom. The Morgan fingerprint density at radius 3 is 3.00 bits per heavy atom. The number of ether oxygens (including phenoxy) is 1. The Hall–Kier alpha value is -3.63. The van der Waals surface area contributed by atoms with Gasteiger partial charge in [0.2, 0.25) is 11.7 Å². The van der Waals surface area contributed by atoms with Crippen LogP contribution in [0, 0.1) is 6.92 Å². The van der Waals surface area contributed by atoms with Crippen molar-refractivity contribution in [3.05, 3.63) is 65.4 Å². The molecule has 9 nitrogen and oxygen atoms in total. The second kappa shape index (κ2) is 8.72. The van der Waals surface area contributed by atoms with Gasteiger partial charge in [-0.1, -0.05) is 23.4 Å². The van der Waals surface area contributed by atoms with Gasteiger partial charge < -0.3 is 19.7 Å². The molecule has 0 radical (unpaired) electrons. The van der Waals surface area contributed by atoms with E-state index in [1.54, 1.807) is 22.7 Å². The van der Waals surface area contributed by atoms with Gasteiger partial charge in [-0.05, 0) is 36.6 Å². The van der Waals surface area contributed by atoms with Crippen LogP contribution in [0.3, 0.4) is 0 Å². The van der Waals surface area contributed by atoms with E-state index in [1.165, 1.54) is 6.20 Å². The van der Waals surface area contributed by atoms with Crippen molar-refractivity contribution in [3.8, 4) is 11.4 Å². The molecule has 0 unspecified atom stereocenters. The number of aliphatic hydroxyl groups is 1. The molecule has 2 N–H and O–H groups in total. The van der Waals surface area contributed by atoms with E-state index < -0.39 is 6.17 Å². The predicted octanol–water partition coefficient (Wildman–Crippen LogP) is 3.28. The zero-order valence-electron chi connectivity index (χ0n) is 17.9. The summed E-state index contributed by atoms with van der Waals surface area (Å²) in [6.07, 6.45) is 2.79. The fraction of sp³-hybridized carbons (Fsp3) is 0.304. The standard InChI is InChI=1S/C23H22FN5O4/c1-13-2-4-15(21-27-23(33-28-21)16-9-17(16)24)8-18(13)26-22(31)19-10-25-20-5-3-14(11-29(19)20)12-32-7-6-30/h2-5,8,10-11,16-17,30H,6-7,9,12H2,1H3,(H,26,31)/t16-,17-/m0/s1. The third kappa shape index (κ3) is 4.35. The first-order chi connectivity index (χ1) is 16.0. The number of anilines is 1. The zero-order valence-corrected chi connectivity index (χ0v) is 17.9. The van der Waals surface area contributed by atoms with E-state index in [0.29, 0.717) is 47.3 Å². The molecule has 1 amide bonds. The maximum atomic E-state index is 13.3. The number of nitrogens with one attached hydrogen (secondary N) is 1. The second-order valence-electron chi connectivity index (χ2n) is 7.98. The number of halogens is 1. The molecule has 10 heteroatoms. The van der Waals surface area contributed by atoms with Gasteiger partial charge in [0.1, 0.15) is 17.5 Å². The summed E-state index contributed by atoms with van der Waals surface area (Å²) in [5.74, 6) is 0.00302. The van der Waals surface area contributed by atoms with E-state index in [-0.39, 0.29) is 25.0 Å². The molecular formula is C23H22FN5O4. The highest BCUT2D eigenvalue weighted by Gasteiger charge is 2.43. The van der Waals surface area contributed by atoms with E-state index in [2.05, 4.69) is 20.4 Å². The number of benzene rings is 1. The van der Waals surface area contributed by atoms with Gasteiger partial charge in [0, 0.05) is 17.4 Å². The minimum absolute atomic E-state index is 0.0541. The Bertz CT molecular complexity index is 1320. The molecule has 1 aliphatic carbocycles. The van der Waals surface area contributed by atoms with Gasteiger partial charge in [-0.15, -0.1) is 0 Å². The summed E-state index contributed by atoms with van der Waals surface area (Å²) < 4.78 is 25.5. The number of hydrogen-bond donors (Lipinski definition) is 2. The average molecular weight is 451 g/mol. The molecule has 0 aliphatic heterocycles. The quantitative estimate of drug-likeness (QED) is 0.395. The minimum Gasteiger partial charge on any atom is -0.394 e. The Kier molecular flexibility index (Phi) is 5.61. The van der Waals surface area contributed by atoms with Gasteiger partial charge in [0.25, 0.3) is 5.91 Å². The fourth-order valence-corrected chi connectivity index (χ4v) is 3.54. The molecule has 2 atom stereocenters. The molecule has 1 aromatic carbocycles. The number of imidazole rings is 1. The first-order valence-corrected chi connectivity index (χ1v) is 10.6. The molecule has 0 bridgehead atoms. The van der Waals surface area contributed by atoms with E-state index in [1.807, 2.05) is 25.1 Å². The molecule has 1 fully saturated rings. The van der Waals surface area contributed by atoms with Gasteiger partial charge in [-0.25, -0.2) is 9.37 Å². The summed E-state index contributed by atoms with van der Waals surface area (Å²) in [6.45, 7) is 2.38. The number of pyridine rings is 1. The number of fused-ring (bicyclic) bond motifs is 1. The Morgan fingerprint density at radius 2 is 2.21 bits per heavy atom. The molecule has 33 heavy (non-hydrogen) atoms. The lowest BCUT2D eigenvalue weighted by Crippen LogP contribution is -2.15. The summed E-state index contributed by atoms with van der Waals surface area (Å²) in [6, 6.07) is 9.10. The lowest BCUT2D eigenvalue weighted by atomic mass is 10.1. The molecule has 0 saturated heterocycles. The molecule has 3 heterocycles. The summed E-state index contributed by atoms with van der Waals surface area (Å²) in [5, 5.41) is 15.8. The van der Waals surface area contributed by atoms with Crippen molar-refractivity contribution >= 4 is 17.2 Å². The number of alkyl halides is 1. The number of nitrogens with zero attached hydrogens (tertiary/aromatic N) is 4. The summed E-state index contributed by atoms with van der Waals surface area (Å²) in [7, 11) is 0. The molecule has 5 rings (SSSR count). The average Bonchev–Trinajstić information content (AvgIpc) is 3.19. The zero-order chi connectivity index (χ0) is 22.9. The lowest BCUT2D eigenvalue weighted by molar-refractivity contribution is 0.0813. The first kappa shape index (κ1) is 21.2. The number of amides is 1. The number of aliphatic hydroxyl groups excluding tert-OH is 1. The van der Waals surface area contributed by atoms with Crippen molar-refractivity contribution in [2.45, 2.75) is 32.0 Å². The Labute approximate surface area is 188 Å². The van der Waals surface area contributed by atoms with Crippen LogP contribution >= 0.6 is 0 Å². The summed E-state index contributed by atoms with van der Waals surface area (Å²) in [5.41, 5.74) is 3.94. The van der Waals surface area contributed by atoms with Crippen LogP contribution in [0.2, 0.25) is 0 Å². The SMILES string of the molecule is Cc1ccc(-c2noc([C@H]3C[C@@H]3F)n2)cc1NC(=O)c1cnc2ccc(COCCO)cn12. The third-order valence-electron chi connectivity index (χ3n) is 5.52. The highest BCUT2D eigenvalue weighted by molar-refractivity contribution is 6.04. The molecule has 3 aromatic heterocycles. The molecule has 0 spiro atoms. The minimum atomic E-state index is -0.918. The highest BCUT2D eigenvalue weighted by atomic mass is 19.1. The largest absolute Gasteiger partial charge is 0.394 e.